The summed E-state index contributed by atoms with van der Waals surface area (Å²) in [6.45, 7) is 5.92. The molecule has 0 radical (unpaired) electrons. The van der Waals surface area contributed by atoms with E-state index >= 15 is 0 Å². The summed E-state index contributed by atoms with van der Waals surface area (Å²) in [5.74, 6) is 1.81. The molecule has 0 atom stereocenters. The van der Waals surface area contributed by atoms with Crippen molar-refractivity contribution in [3.05, 3.63) is 12.3 Å². The number of nitrogens with zero attached hydrogens (tertiary/aromatic N) is 2. The van der Waals surface area contributed by atoms with Crippen LogP contribution in [0, 0.1) is 0 Å². The Hall–Kier alpha value is -0.740. The number of hydrogen-bond acceptors (Lipinski definition) is 4. The van der Waals surface area contributed by atoms with Crippen LogP contribution in [0.3, 0.4) is 0 Å². The molecule has 0 aromatic carbocycles. The number of alkyl halides is 2. The minimum atomic E-state index is -0.389. The standard InChI is InChI=1S/C12H19Cl2N3O/c1-4-12(7-13,8-14)17-11-15-6-5-10(16-11)18-9(2)3/h5-6,9H,4,7-8H2,1-3H3,(H,15,16,17). The second kappa shape index (κ2) is 7.00. The van der Waals surface area contributed by atoms with E-state index in [1.807, 2.05) is 20.8 Å². The van der Waals surface area contributed by atoms with E-state index in [-0.39, 0.29) is 11.6 Å². The second-order valence-electron chi connectivity index (χ2n) is 4.41. The zero-order valence-electron chi connectivity index (χ0n) is 10.9. The lowest BCUT2D eigenvalue weighted by Gasteiger charge is -2.29. The Labute approximate surface area is 118 Å². The molecule has 1 N–H and O–H groups in total. The summed E-state index contributed by atoms with van der Waals surface area (Å²) in [7, 11) is 0. The van der Waals surface area contributed by atoms with E-state index in [4.69, 9.17) is 27.9 Å². The van der Waals surface area contributed by atoms with Crippen LogP contribution >= 0.6 is 23.2 Å². The van der Waals surface area contributed by atoms with Crippen molar-refractivity contribution in [1.29, 1.82) is 0 Å². The van der Waals surface area contributed by atoms with Crippen LogP contribution in [0.2, 0.25) is 0 Å². The Morgan fingerprint density at radius 2 is 2.06 bits per heavy atom. The van der Waals surface area contributed by atoms with Crippen molar-refractivity contribution in [3.63, 3.8) is 0 Å². The number of anilines is 1. The summed E-state index contributed by atoms with van der Waals surface area (Å²) < 4.78 is 5.51. The monoisotopic (exact) mass is 291 g/mol. The summed E-state index contributed by atoms with van der Waals surface area (Å²) in [5, 5.41) is 3.19. The first-order valence-electron chi connectivity index (χ1n) is 5.95. The maximum absolute atomic E-state index is 5.96. The molecule has 102 valence electrons. The number of nitrogens with one attached hydrogen (secondary N) is 1. The lowest BCUT2D eigenvalue weighted by Crippen LogP contribution is -2.42. The number of ether oxygens (including phenoxy) is 1. The molecule has 0 aliphatic carbocycles. The molecular weight excluding hydrogens is 273 g/mol. The number of hydrogen-bond donors (Lipinski definition) is 1. The van der Waals surface area contributed by atoms with Gasteiger partial charge < -0.3 is 10.1 Å². The Balaban J connectivity index is 2.83. The SMILES string of the molecule is CCC(CCl)(CCl)Nc1nccc(OC(C)C)n1. The average molecular weight is 292 g/mol. The molecule has 0 fully saturated rings. The fraction of sp³-hybridized carbons (Fsp3) is 0.667. The van der Waals surface area contributed by atoms with E-state index < -0.39 is 0 Å². The number of halogens is 2. The summed E-state index contributed by atoms with van der Waals surface area (Å²) >= 11 is 11.9. The van der Waals surface area contributed by atoms with Gasteiger partial charge in [0.25, 0.3) is 0 Å². The fourth-order valence-corrected chi connectivity index (χ4v) is 2.12. The van der Waals surface area contributed by atoms with Crippen molar-refractivity contribution in [1.82, 2.24) is 9.97 Å². The smallest absolute Gasteiger partial charge is 0.226 e. The molecule has 1 aromatic heterocycles. The third kappa shape index (κ3) is 4.18. The first kappa shape index (κ1) is 15.3. The first-order valence-corrected chi connectivity index (χ1v) is 7.02. The van der Waals surface area contributed by atoms with Crippen LogP contribution in [0.1, 0.15) is 27.2 Å². The van der Waals surface area contributed by atoms with Gasteiger partial charge in [0.1, 0.15) is 0 Å². The minimum Gasteiger partial charge on any atom is -0.475 e. The van der Waals surface area contributed by atoms with Gasteiger partial charge in [0.05, 0.1) is 11.6 Å². The predicted molar refractivity (Wildman–Crippen MR) is 75.9 cm³/mol. The summed E-state index contributed by atoms with van der Waals surface area (Å²) in [6, 6.07) is 1.72. The quantitative estimate of drug-likeness (QED) is 0.783. The Bertz CT molecular complexity index is 362. The normalized spacial score (nSPS) is 11.7. The molecular formula is C12H19Cl2N3O. The largest absolute Gasteiger partial charge is 0.475 e. The average Bonchev–Trinajstić information content (AvgIpc) is 2.36. The highest BCUT2D eigenvalue weighted by molar-refractivity contribution is 6.22. The van der Waals surface area contributed by atoms with Gasteiger partial charge >= 0.3 is 0 Å². The highest BCUT2D eigenvalue weighted by Gasteiger charge is 2.27. The maximum atomic E-state index is 5.96. The molecule has 4 nitrogen and oxygen atoms in total. The van der Waals surface area contributed by atoms with Gasteiger partial charge in [0.2, 0.25) is 11.8 Å². The van der Waals surface area contributed by atoms with Gasteiger partial charge in [-0.2, -0.15) is 4.98 Å². The molecule has 1 rings (SSSR count). The Kier molecular flexibility index (Phi) is 5.96. The predicted octanol–water partition coefficient (Wildman–Crippen LogP) is 3.30. The van der Waals surface area contributed by atoms with Crippen molar-refractivity contribution in [2.24, 2.45) is 0 Å². The summed E-state index contributed by atoms with van der Waals surface area (Å²) in [6.07, 6.45) is 2.51. The molecule has 1 aromatic rings. The highest BCUT2D eigenvalue weighted by atomic mass is 35.5. The van der Waals surface area contributed by atoms with Crippen LogP contribution in [0.15, 0.2) is 12.3 Å². The lowest BCUT2D eigenvalue weighted by molar-refractivity contribution is 0.232. The van der Waals surface area contributed by atoms with Gasteiger partial charge in [-0.15, -0.1) is 23.2 Å². The van der Waals surface area contributed by atoms with Gasteiger partial charge in [-0.05, 0) is 20.3 Å². The molecule has 0 saturated carbocycles. The number of aromatic nitrogens is 2. The van der Waals surface area contributed by atoms with Crippen LogP contribution in [-0.2, 0) is 0 Å². The Morgan fingerprint density at radius 1 is 1.39 bits per heavy atom. The van der Waals surface area contributed by atoms with Crippen LogP contribution < -0.4 is 10.1 Å². The summed E-state index contributed by atoms with van der Waals surface area (Å²) in [5.41, 5.74) is -0.389. The van der Waals surface area contributed by atoms with E-state index in [2.05, 4.69) is 15.3 Å². The maximum Gasteiger partial charge on any atom is 0.226 e. The molecule has 0 unspecified atom stereocenters. The zero-order chi connectivity index (χ0) is 13.6. The van der Waals surface area contributed by atoms with Gasteiger partial charge in [-0.25, -0.2) is 4.98 Å². The van der Waals surface area contributed by atoms with Crippen LogP contribution in [0.5, 0.6) is 5.88 Å². The van der Waals surface area contributed by atoms with E-state index in [0.29, 0.717) is 23.6 Å². The molecule has 0 saturated heterocycles. The minimum absolute atomic E-state index is 0.0738. The van der Waals surface area contributed by atoms with Crippen LogP contribution in [-0.4, -0.2) is 33.4 Å². The molecule has 1 heterocycles. The van der Waals surface area contributed by atoms with Gasteiger partial charge in [0, 0.05) is 24.0 Å². The van der Waals surface area contributed by atoms with Crippen LogP contribution in [0.4, 0.5) is 5.95 Å². The third-order valence-electron chi connectivity index (χ3n) is 2.55. The second-order valence-corrected chi connectivity index (χ2v) is 4.95. The van der Waals surface area contributed by atoms with Crippen molar-refractivity contribution in [2.75, 3.05) is 17.1 Å². The first-order chi connectivity index (χ1) is 8.55. The van der Waals surface area contributed by atoms with Gasteiger partial charge in [-0.1, -0.05) is 6.92 Å². The molecule has 0 bridgehead atoms. The molecule has 18 heavy (non-hydrogen) atoms. The molecule has 0 aliphatic heterocycles. The molecule has 0 spiro atoms. The van der Waals surface area contributed by atoms with Crippen molar-refractivity contribution >= 4 is 29.2 Å². The van der Waals surface area contributed by atoms with E-state index in [9.17, 15) is 0 Å². The zero-order valence-corrected chi connectivity index (χ0v) is 12.4. The van der Waals surface area contributed by atoms with Crippen molar-refractivity contribution < 1.29 is 4.74 Å². The number of rotatable bonds is 7. The molecule has 0 amide bonds. The molecule has 0 aliphatic rings. The van der Waals surface area contributed by atoms with Crippen LogP contribution in [0.25, 0.3) is 0 Å². The fourth-order valence-electron chi connectivity index (χ4n) is 1.33. The molecule has 6 heteroatoms. The van der Waals surface area contributed by atoms with E-state index in [1.165, 1.54) is 0 Å². The highest BCUT2D eigenvalue weighted by Crippen LogP contribution is 2.21. The van der Waals surface area contributed by atoms with Gasteiger partial charge in [-0.3, -0.25) is 0 Å². The van der Waals surface area contributed by atoms with Gasteiger partial charge in [0.15, 0.2) is 0 Å². The van der Waals surface area contributed by atoms with Crippen molar-refractivity contribution in [2.45, 2.75) is 38.8 Å². The summed E-state index contributed by atoms with van der Waals surface area (Å²) in [4.78, 5) is 8.44. The lowest BCUT2D eigenvalue weighted by atomic mass is 10.0. The van der Waals surface area contributed by atoms with E-state index in [0.717, 1.165) is 6.42 Å². The van der Waals surface area contributed by atoms with E-state index in [1.54, 1.807) is 12.3 Å². The topological polar surface area (TPSA) is 47.0 Å². The van der Waals surface area contributed by atoms with Crippen molar-refractivity contribution in [3.8, 4) is 5.88 Å². The third-order valence-corrected chi connectivity index (χ3v) is 3.58. The Morgan fingerprint density at radius 3 is 2.56 bits per heavy atom.